The summed E-state index contributed by atoms with van der Waals surface area (Å²) in [6.07, 6.45) is 3.42. The molecule has 0 saturated carbocycles. The fraction of sp³-hybridized carbons (Fsp3) is 0.400. The highest BCUT2D eigenvalue weighted by Crippen LogP contribution is 2.46. The lowest BCUT2D eigenvalue weighted by atomic mass is 9.73. The van der Waals surface area contributed by atoms with Gasteiger partial charge in [-0.05, 0) is 67.1 Å². The van der Waals surface area contributed by atoms with Gasteiger partial charge in [-0.1, -0.05) is 47.5 Å². The molecule has 0 radical (unpaired) electrons. The van der Waals surface area contributed by atoms with Crippen LogP contribution >= 0.6 is 23.2 Å². The van der Waals surface area contributed by atoms with E-state index in [9.17, 15) is 0 Å². The number of hydrogen-bond donors (Lipinski definition) is 0. The Labute approximate surface area is 148 Å². The fourth-order valence-electron chi connectivity index (χ4n) is 4.61. The Hall–Kier alpha value is -1.02. The monoisotopic (exact) mass is 345 g/mol. The van der Waals surface area contributed by atoms with Gasteiger partial charge in [0.25, 0.3) is 0 Å². The Kier molecular flexibility index (Phi) is 4.13. The number of halogens is 2. The van der Waals surface area contributed by atoms with Crippen LogP contribution < -0.4 is 0 Å². The average Bonchev–Trinajstić information content (AvgIpc) is 2.84. The number of nitrogens with zero attached hydrogens (tertiary/aromatic N) is 1. The number of rotatable bonds is 2. The summed E-state index contributed by atoms with van der Waals surface area (Å²) in [5.74, 6) is 1.33. The van der Waals surface area contributed by atoms with E-state index in [0.29, 0.717) is 17.9 Å². The van der Waals surface area contributed by atoms with Crippen LogP contribution in [0.5, 0.6) is 0 Å². The second-order valence-electron chi connectivity index (χ2n) is 6.96. The minimum Gasteiger partial charge on any atom is -0.302 e. The molecule has 120 valence electrons. The van der Waals surface area contributed by atoms with Crippen molar-refractivity contribution in [2.24, 2.45) is 5.92 Å². The van der Waals surface area contributed by atoms with E-state index in [1.54, 1.807) is 0 Å². The van der Waals surface area contributed by atoms with Gasteiger partial charge in [-0.3, -0.25) is 0 Å². The topological polar surface area (TPSA) is 3.24 Å². The molecule has 1 fully saturated rings. The van der Waals surface area contributed by atoms with Gasteiger partial charge in [-0.2, -0.15) is 0 Å². The van der Waals surface area contributed by atoms with Gasteiger partial charge < -0.3 is 4.90 Å². The van der Waals surface area contributed by atoms with Crippen molar-refractivity contribution in [2.75, 3.05) is 13.6 Å². The summed E-state index contributed by atoms with van der Waals surface area (Å²) < 4.78 is 0. The molecule has 23 heavy (non-hydrogen) atoms. The maximum atomic E-state index is 6.42. The van der Waals surface area contributed by atoms with E-state index in [0.717, 1.165) is 29.4 Å². The van der Waals surface area contributed by atoms with Crippen LogP contribution in [0, 0.1) is 5.92 Å². The quantitative estimate of drug-likeness (QED) is 0.723. The molecular weight excluding hydrogens is 325 g/mol. The zero-order chi connectivity index (χ0) is 16.0. The molecule has 2 aliphatic rings. The Balaban J connectivity index is 1.62. The van der Waals surface area contributed by atoms with Crippen LogP contribution in [-0.2, 0) is 12.8 Å². The van der Waals surface area contributed by atoms with Crippen molar-refractivity contribution >= 4 is 23.2 Å². The Bertz CT molecular complexity index is 727. The second-order valence-corrected chi connectivity index (χ2v) is 7.80. The molecule has 0 amide bonds. The van der Waals surface area contributed by atoms with Crippen molar-refractivity contribution in [1.82, 2.24) is 4.90 Å². The molecule has 0 aromatic heterocycles. The average molecular weight is 346 g/mol. The summed E-state index contributed by atoms with van der Waals surface area (Å²) in [4.78, 5) is 2.53. The lowest BCUT2D eigenvalue weighted by molar-refractivity contribution is 0.259. The standard InChI is InChI=1S/C20H21Cl2N/c1-23-12-18-15-6-3-7-19(22)16(15)8-9-17(18)20(23)11-13-4-2-5-14(21)10-13/h2-7,10,17-18,20H,8-9,11-12H2,1H3/t17?,18-,20+/m0/s1. The first-order valence-electron chi connectivity index (χ1n) is 8.35. The maximum Gasteiger partial charge on any atom is 0.0440 e. The summed E-state index contributed by atoms with van der Waals surface area (Å²) in [6.45, 7) is 1.13. The molecule has 1 nitrogen and oxygen atoms in total. The predicted molar refractivity (Wildman–Crippen MR) is 97.6 cm³/mol. The van der Waals surface area contributed by atoms with Gasteiger partial charge in [0.2, 0.25) is 0 Å². The van der Waals surface area contributed by atoms with Gasteiger partial charge in [-0.25, -0.2) is 0 Å². The van der Waals surface area contributed by atoms with E-state index >= 15 is 0 Å². The van der Waals surface area contributed by atoms with Gasteiger partial charge in [0.05, 0.1) is 0 Å². The van der Waals surface area contributed by atoms with Crippen molar-refractivity contribution in [2.45, 2.75) is 31.2 Å². The molecule has 1 unspecified atom stereocenters. The van der Waals surface area contributed by atoms with E-state index < -0.39 is 0 Å². The number of benzene rings is 2. The van der Waals surface area contributed by atoms with Gasteiger partial charge in [0.1, 0.15) is 0 Å². The number of likely N-dealkylation sites (tertiary alicyclic amines) is 1. The van der Waals surface area contributed by atoms with Crippen molar-refractivity contribution in [1.29, 1.82) is 0 Å². The normalized spacial score (nSPS) is 26.8. The molecule has 0 N–H and O–H groups in total. The first-order chi connectivity index (χ1) is 11.1. The van der Waals surface area contributed by atoms with Crippen LogP contribution in [-0.4, -0.2) is 24.5 Å². The summed E-state index contributed by atoms with van der Waals surface area (Å²) in [5.41, 5.74) is 4.20. The molecule has 1 heterocycles. The smallest absolute Gasteiger partial charge is 0.0440 e. The molecule has 1 aliphatic carbocycles. The number of fused-ring (bicyclic) bond motifs is 3. The summed E-state index contributed by atoms with van der Waals surface area (Å²) in [5, 5.41) is 1.78. The lowest BCUT2D eigenvalue weighted by Gasteiger charge is -2.32. The SMILES string of the molecule is CN1C[C@H]2c3cccc(Cl)c3CCC2[C@H]1Cc1cccc(Cl)c1. The number of hydrogen-bond acceptors (Lipinski definition) is 1. The highest BCUT2D eigenvalue weighted by Gasteiger charge is 2.43. The molecule has 1 saturated heterocycles. The summed E-state index contributed by atoms with van der Waals surface area (Å²) in [6, 6.07) is 15.3. The third kappa shape index (κ3) is 2.80. The zero-order valence-electron chi connectivity index (χ0n) is 13.3. The first kappa shape index (κ1) is 15.5. The minimum absolute atomic E-state index is 0.589. The van der Waals surface area contributed by atoms with Crippen LogP contribution in [0.25, 0.3) is 0 Å². The molecule has 3 heteroatoms. The van der Waals surface area contributed by atoms with Gasteiger partial charge in [0, 0.05) is 28.5 Å². The van der Waals surface area contributed by atoms with E-state index in [4.69, 9.17) is 23.2 Å². The first-order valence-corrected chi connectivity index (χ1v) is 9.11. The Morgan fingerprint density at radius 3 is 2.78 bits per heavy atom. The molecule has 1 aliphatic heterocycles. The van der Waals surface area contributed by atoms with Crippen molar-refractivity contribution in [3.05, 3.63) is 69.2 Å². The lowest BCUT2D eigenvalue weighted by Crippen LogP contribution is -2.32. The molecule has 2 aromatic carbocycles. The largest absolute Gasteiger partial charge is 0.302 e. The van der Waals surface area contributed by atoms with E-state index in [2.05, 4.69) is 42.3 Å². The Morgan fingerprint density at radius 1 is 1.13 bits per heavy atom. The fourth-order valence-corrected chi connectivity index (χ4v) is 5.10. The van der Waals surface area contributed by atoms with Crippen LogP contribution in [0.15, 0.2) is 42.5 Å². The van der Waals surface area contributed by atoms with E-state index in [1.165, 1.54) is 23.1 Å². The predicted octanol–water partition coefficient (Wildman–Crippen LogP) is 5.20. The van der Waals surface area contributed by atoms with Gasteiger partial charge >= 0.3 is 0 Å². The Morgan fingerprint density at radius 2 is 1.96 bits per heavy atom. The number of likely N-dealkylation sites (N-methyl/N-ethyl adjacent to an activating group) is 1. The van der Waals surface area contributed by atoms with Crippen LogP contribution in [0.2, 0.25) is 10.0 Å². The molecule has 4 rings (SSSR count). The van der Waals surface area contributed by atoms with Crippen LogP contribution in [0.3, 0.4) is 0 Å². The van der Waals surface area contributed by atoms with Crippen molar-refractivity contribution in [3.63, 3.8) is 0 Å². The molecule has 0 bridgehead atoms. The third-order valence-electron chi connectivity index (χ3n) is 5.68. The molecule has 3 atom stereocenters. The van der Waals surface area contributed by atoms with Crippen molar-refractivity contribution in [3.8, 4) is 0 Å². The van der Waals surface area contributed by atoms with Crippen LogP contribution in [0.1, 0.15) is 29.0 Å². The minimum atomic E-state index is 0.589. The summed E-state index contributed by atoms with van der Waals surface area (Å²) >= 11 is 12.6. The highest BCUT2D eigenvalue weighted by molar-refractivity contribution is 6.31. The third-order valence-corrected chi connectivity index (χ3v) is 6.27. The summed E-state index contributed by atoms with van der Waals surface area (Å²) in [7, 11) is 2.26. The highest BCUT2D eigenvalue weighted by atomic mass is 35.5. The maximum absolute atomic E-state index is 6.42. The molecule has 0 spiro atoms. The second kappa shape index (κ2) is 6.12. The van der Waals surface area contributed by atoms with Crippen molar-refractivity contribution < 1.29 is 0 Å². The van der Waals surface area contributed by atoms with Crippen LogP contribution in [0.4, 0.5) is 0 Å². The van der Waals surface area contributed by atoms with E-state index in [1.807, 2.05) is 12.1 Å². The molecular formula is C20H21Cl2N. The van der Waals surface area contributed by atoms with Gasteiger partial charge in [-0.15, -0.1) is 0 Å². The molecule has 2 aromatic rings. The zero-order valence-corrected chi connectivity index (χ0v) is 14.8. The van der Waals surface area contributed by atoms with Gasteiger partial charge in [0.15, 0.2) is 0 Å². The van der Waals surface area contributed by atoms with E-state index in [-0.39, 0.29) is 0 Å².